The molecule has 1 saturated carbocycles. The van der Waals surface area contributed by atoms with E-state index >= 15 is 0 Å². The third-order valence-electron chi connectivity index (χ3n) is 3.45. The summed E-state index contributed by atoms with van der Waals surface area (Å²) in [5.74, 6) is 0.399. The van der Waals surface area contributed by atoms with Crippen LogP contribution in [0.3, 0.4) is 0 Å². The molecule has 1 heterocycles. The van der Waals surface area contributed by atoms with E-state index in [0.717, 1.165) is 6.42 Å². The smallest absolute Gasteiger partial charge is 0.251 e. The van der Waals surface area contributed by atoms with Gasteiger partial charge in [-0.2, -0.15) is 0 Å². The van der Waals surface area contributed by atoms with Crippen LogP contribution in [-0.4, -0.2) is 16.9 Å². The molecule has 0 saturated heterocycles. The Morgan fingerprint density at radius 2 is 1.89 bits per heavy atom. The van der Waals surface area contributed by atoms with E-state index in [1.165, 1.54) is 31.4 Å². The van der Waals surface area contributed by atoms with Gasteiger partial charge >= 0.3 is 0 Å². The minimum absolute atomic E-state index is 0.125. The lowest BCUT2D eigenvalue weighted by Gasteiger charge is -2.29. The standard InChI is InChI=1S/C13H16Cl2N2O/c1-8-4-2-3-5-10(8)16-13(18)9-6-11(14)17-12(15)7-9/h6-8,10H,2-5H2,1H3,(H,16,18). The summed E-state index contributed by atoms with van der Waals surface area (Å²) >= 11 is 11.6. The molecule has 1 fully saturated rings. The van der Waals surface area contributed by atoms with Gasteiger partial charge in [-0.3, -0.25) is 4.79 Å². The van der Waals surface area contributed by atoms with Crippen molar-refractivity contribution in [2.24, 2.45) is 5.92 Å². The summed E-state index contributed by atoms with van der Waals surface area (Å²) in [4.78, 5) is 15.9. The van der Waals surface area contributed by atoms with E-state index in [1.54, 1.807) is 0 Å². The quantitative estimate of drug-likeness (QED) is 0.843. The summed E-state index contributed by atoms with van der Waals surface area (Å²) < 4.78 is 0. The molecule has 3 nitrogen and oxygen atoms in total. The number of amides is 1. The van der Waals surface area contributed by atoms with Crippen LogP contribution in [0.25, 0.3) is 0 Å². The van der Waals surface area contributed by atoms with Gasteiger partial charge in [-0.05, 0) is 30.9 Å². The Labute approximate surface area is 117 Å². The van der Waals surface area contributed by atoms with Crippen molar-refractivity contribution in [2.75, 3.05) is 0 Å². The van der Waals surface area contributed by atoms with Crippen molar-refractivity contribution in [3.63, 3.8) is 0 Å². The summed E-state index contributed by atoms with van der Waals surface area (Å²) in [6.07, 6.45) is 4.63. The zero-order chi connectivity index (χ0) is 13.1. The molecule has 1 amide bonds. The molecule has 2 rings (SSSR count). The molecule has 0 spiro atoms. The van der Waals surface area contributed by atoms with Crippen LogP contribution in [0.4, 0.5) is 0 Å². The molecule has 1 N–H and O–H groups in total. The third kappa shape index (κ3) is 3.36. The highest BCUT2D eigenvalue weighted by molar-refractivity contribution is 6.33. The first kappa shape index (κ1) is 13.6. The summed E-state index contributed by atoms with van der Waals surface area (Å²) in [7, 11) is 0. The van der Waals surface area contributed by atoms with Crippen LogP contribution < -0.4 is 5.32 Å². The van der Waals surface area contributed by atoms with Crippen molar-refractivity contribution in [3.05, 3.63) is 28.0 Å². The number of carbonyl (C=O) groups is 1. The third-order valence-corrected chi connectivity index (χ3v) is 3.84. The van der Waals surface area contributed by atoms with Crippen LogP contribution in [0.2, 0.25) is 10.3 Å². The van der Waals surface area contributed by atoms with E-state index in [4.69, 9.17) is 23.2 Å². The average Bonchev–Trinajstić information content (AvgIpc) is 2.31. The monoisotopic (exact) mass is 286 g/mol. The fraction of sp³-hybridized carbons (Fsp3) is 0.538. The molecular formula is C13H16Cl2N2O. The molecular weight excluding hydrogens is 271 g/mol. The average molecular weight is 287 g/mol. The largest absolute Gasteiger partial charge is 0.349 e. The number of carbonyl (C=O) groups excluding carboxylic acids is 1. The Morgan fingerprint density at radius 3 is 2.50 bits per heavy atom. The van der Waals surface area contributed by atoms with E-state index in [2.05, 4.69) is 17.2 Å². The predicted molar refractivity (Wildman–Crippen MR) is 73.1 cm³/mol. The second-order valence-electron chi connectivity index (χ2n) is 4.84. The molecule has 0 aromatic carbocycles. The predicted octanol–water partition coefficient (Wildman–Crippen LogP) is 3.70. The molecule has 5 heteroatoms. The van der Waals surface area contributed by atoms with E-state index in [0.29, 0.717) is 11.5 Å². The number of rotatable bonds is 2. The van der Waals surface area contributed by atoms with Crippen molar-refractivity contribution < 1.29 is 4.79 Å². The summed E-state index contributed by atoms with van der Waals surface area (Å²) in [6.45, 7) is 2.18. The highest BCUT2D eigenvalue weighted by atomic mass is 35.5. The first-order valence-electron chi connectivity index (χ1n) is 6.20. The number of pyridine rings is 1. The van der Waals surface area contributed by atoms with Gasteiger partial charge in [-0.1, -0.05) is 43.0 Å². The van der Waals surface area contributed by atoms with E-state index < -0.39 is 0 Å². The zero-order valence-corrected chi connectivity index (χ0v) is 11.8. The maximum absolute atomic E-state index is 12.1. The van der Waals surface area contributed by atoms with Gasteiger partial charge in [0.05, 0.1) is 0 Å². The summed E-state index contributed by atoms with van der Waals surface area (Å²) in [6, 6.07) is 3.32. The van der Waals surface area contributed by atoms with E-state index in [9.17, 15) is 4.79 Å². The number of hydrogen-bond donors (Lipinski definition) is 1. The number of hydrogen-bond acceptors (Lipinski definition) is 2. The van der Waals surface area contributed by atoms with Crippen LogP contribution >= 0.6 is 23.2 Å². The molecule has 2 unspecified atom stereocenters. The maximum atomic E-state index is 12.1. The molecule has 0 bridgehead atoms. The van der Waals surface area contributed by atoms with Gasteiger partial charge < -0.3 is 5.32 Å². The lowest BCUT2D eigenvalue weighted by atomic mass is 9.86. The second kappa shape index (κ2) is 5.89. The van der Waals surface area contributed by atoms with E-state index in [-0.39, 0.29) is 22.3 Å². The molecule has 1 aromatic rings. The molecule has 1 aromatic heterocycles. The first-order valence-corrected chi connectivity index (χ1v) is 6.96. The van der Waals surface area contributed by atoms with Crippen molar-refractivity contribution in [1.29, 1.82) is 0 Å². The van der Waals surface area contributed by atoms with Gasteiger partial charge in [0.2, 0.25) is 0 Å². The first-order chi connectivity index (χ1) is 8.56. The Kier molecular flexibility index (Phi) is 4.46. The van der Waals surface area contributed by atoms with Gasteiger partial charge in [0.1, 0.15) is 10.3 Å². The second-order valence-corrected chi connectivity index (χ2v) is 5.62. The molecule has 98 valence electrons. The highest BCUT2D eigenvalue weighted by Crippen LogP contribution is 2.24. The molecule has 1 aliphatic carbocycles. The molecule has 1 aliphatic rings. The Morgan fingerprint density at radius 1 is 1.28 bits per heavy atom. The van der Waals surface area contributed by atoms with Crippen LogP contribution in [-0.2, 0) is 0 Å². The Hall–Kier alpha value is -0.800. The fourth-order valence-electron chi connectivity index (χ4n) is 2.38. The lowest BCUT2D eigenvalue weighted by Crippen LogP contribution is -2.41. The number of aromatic nitrogens is 1. The van der Waals surface area contributed by atoms with Crippen LogP contribution in [0.5, 0.6) is 0 Å². The fourth-order valence-corrected chi connectivity index (χ4v) is 2.84. The molecule has 0 radical (unpaired) electrons. The van der Waals surface area contributed by atoms with Crippen LogP contribution in [0, 0.1) is 5.92 Å². The number of nitrogens with zero attached hydrogens (tertiary/aromatic N) is 1. The summed E-state index contributed by atoms with van der Waals surface area (Å²) in [5, 5.41) is 3.54. The Bertz CT molecular complexity index is 430. The minimum Gasteiger partial charge on any atom is -0.349 e. The van der Waals surface area contributed by atoms with Gasteiger partial charge in [0, 0.05) is 11.6 Å². The van der Waals surface area contributed by atoms with Crippen molar-refractivity contribution in [3.8, 4) is 0 Å². The van der Waals surface area contributed by atoms with Crippen molar-refractivity contribution in [1.82, 2.24) is 10.3 Å². The highest BCUT2D eigenvalue weighted by Gasteiger charge is 2.23. The van der Waals surface area contributed by atoms with Gasteiger partial charge in [-0.15, -0.1) is 0 Å². The SMILES string of the molecule is CC1CCCCC1NC(=O)c1cc(Cl)nc(Cl)c1. The van der Waals surface area contributed by atoms with Gasteiger partial charge in [-0.25, -0.2) is 4.98 Å². The zero-order valence-electron chi connectivity index (χ0n) is 10.2. The van der Waals surface area contributed by atoms with Crippen LogP contribution in [0.1, 0.15) is 43.0 Å². The van der Waals surface area contributed by atoms with Gasteiger partial charge in [0.15, 0.2) is 0 Å². The normalized spacial score (nSPS) is 23.7. The van der Waals surface area contributed by atoms with Crippen LogP contribution in [0.15, 0.2) is 12.1 Å². The number of nitrogens with one attached hydrogen (secondary N) is 1. The van der Waals surface area contributed by atoms with Gasteiger partial charge in [0.25, 0.3) is 5.91 Å². The molecule has 2 atom stereocenters. The summed E-state index contributed by atoms with van der Waals surface area (Å²) in [5.41, 5.74) is 0.470. The molecule has 0 aliphatic heterocycles. The Balaban J connectivity index is 2.06. The molecule has 18 heavy (non-hydrogen) atoms. The van der Waals surface area contributed by atoms with Crippen molar-refractivity contribution in [2.45, 2.75) is 38.6 Å². The maximum Gasteiger partial charge on any atom is 0.251 e. The minimum atomic E-state index is -0.125. The topological polar surface area (TPSA) is 42.0 Å². The van der Waals surface area contributed by atoms with E-state index in [1.807, 2.05) is 0 Å². The lowest BCUT2D eigenvalue weighted by molar-refractivity contribution is 0.0910. The van der Waals surface area contributed by atoms with Crippen molar-refractivity contribution >= 4 is 29.1 Å². The number of halogens is 2.